The number of nitrogens with zero attached hydrogens (tertiary/aromatic N) is 1. The van der Waals surface area contributed by atoms with Crippen LogP contribution in [0.3, 0.4) is 0 Å². The highest BCUT2D eigenvalue weighted by Gasteiger charge is 2.10. The Morgan fingerprint density at radius 1 is 0.811 bits per heavy atom. The molecule has 0 aliphatic rings. The maximum atomic E-state index is 12.5. The van der Waals surface area contributed by atoms with Crippen LogP contribution in [0.1, 0.15) is 61.9 Å². The molecule has 0 N–H and O–H groups in total. The van der Waals surface area contributed by atoms with E-state index < -0.39 is 5.97 Å². The molecule has 0 aliphatic heterocycles. The molecule has 0 atom stereocenters. The van der Waals surface area contributed by atoms with Crippen molar-refractivity contribution >= 4 is 11.9 Å². The van der Waals surface area contributed by atoms with Crippen molar-refractivity contribution < 1.29 is 23.8 Å². The van der Waals surface area contributed by atoms with Gasteiger partial charge in [-0.3, -0.25) is 4.98 Å². The van der Waals surface area contributed by atoms with Gasteiger partial charge in [-0.1, -0.05) is 38.8 Å². The smallest absolute Gasteiger partial charge is 0.343 e. The van der Waals surface area contributed by atoms with Crippen LogP contribution >= 0.6 is 0 Å². The first-order chi connectivity index (χ1) is 18.0. The molecule has 0 aliphatic carbocycles. The number of ether oxygens (including phenoxy) is 3. The summed E-state index contributed by atoms with van der Waals surface area (Å²) in [5.41, 5.74) is 3.93. The molecule has 2 aromatic carbocycles. The summed E-state index contributed by atoms with van der Waals surface area (Å²) in [5.74, 6) is 0.453. The monoisotopic (exact) mass is 501 g/mol. The van der Waals surface area contributed by atoms with Crippen LogP contribution in [0.15, 0.2) is 79.0 Å². The van der Waals surface area contributed by atoms with E-state index in [2.05, 4.69) is 24.6 Å². The van der Waals surface area contributed by atoms with Gasteiger partial charge in [0.25, 0.3) is 0 Å². The Balaban J connectivity index is 1.34. The Morgan fingerprint density at radius 3 is 2.08 bits per heavy atom. The summed E-state index contributed by atoms with van der Waals surface area (Å²) in [5, 5.41) is 0. The van der Waals surface area contributed by atoms with Gasteiger partial charge >= 0.3 is 11.9 Å². The Bertz CT molecular complexity index is 1150. The molecule has 0 saturated carbocycles. The Morgan fingerprint density at radius 2 is 1.46 bits per heavy atom. The van der Waals surface area contributed by atoms with Crippen LogP contribution in [-0.4, -0.2) is 30.1 Å². The molecule has 6 nitrogen and oxygen atoms in total. The van der Waals surface area contributed by atoms with Crippen LogP contribution in [0.5, 0.6) is 11.5 Å². The zero-order valence-electron chi connectivity index (χ0n) is 21.7. The molecule has 6 heteroatoms. The molecule has 37 heavy (non-hydrogen) atoms. The third-order valence-corrected chi connectivity index (χ3v) is 5.82. The van der Waals surface area contributed by atoms with Gasteiger partial charge in [-0.15, -0.1) is 0 Å². The molecule has 0 saturated heterocycles. The van der Waals surface area contributed by atoms with Crippen LogP contribution in [0.25, 0.3) is 11.3 Å². The summed E-state index contributed by atoms with van der Waals surface area (Å²) in [7, 11) is 0. The normalized spacial score (nSPS) is 10.5. The molecule has 0 bridgehead atoms. The molecule has 0 spiro atoms. The standard InChI is InChI=1S/C31H35NO5/c1-4-24-10-19-29(32-22-24)25-11-17-28(18-12-25)37-31(34)26-13-15-27(16-14-26)35-20-8-6-5-7-9-21-36-30(33)23(2)3/h10-19,22H,2,4-9,20-21H2,1,3H3. The van der Waals surface area contributed by atoms with Crippen LogP contribution in [0.4, 0.5) is 0 Å². The van der Waals surface area contributed by atoms with E-state index in [0.29, 0.717) is 35.8 Å². The average Bonchev–Trinajstić information content (AvgIpc) is 2.92. The van der Waals surface area contributed by atoms with Gasteiger partial charge in [0.15, 0.2) is 0 Å². The summed E-state index contributed by atoms with van der Waals surface area (Å²) in [6.45, 7) is 8.35. The molecule has 0 unspecified atom stereocenters. The Labute approximate surface area is 219 Å². The van der Waals surface area contributed by atoms with Crippen molar-refractivity contribution in [2.24, 2.45) is 0 Å². The number of esters is 2. The molecule has 0 radical (unpaired) electrons. The minimum Gasteiger partial charge on any atom is -0.494 e. The third kappa shape index (κ3) is 9.22. The third-order valence-electron chi connectivity index (χ3n) is 5.82. The number of carbonyl (C=O) groups is 2. The van der Waals surface area contributed by atoms with Gasteiger partial charge in [-0.05, 0) is 86.3 Å². The number of aryl methyl sites for hydroxylation is 1. The second kappa shape index (κ2) is 14.6. The van der Waals surface area contributed by atoms with Crippen LogP contribution in [0.2, 0.25) is 0 Å². The summed E-state index contributed by atoms with van der Waals surface area (Å²) in [6, 6.07) is 18.4. The largest absolute Gasteiger partial charge is 0.494 e. The summed E-state index contributed by atoms with van der Waals surface area (Å²) in [4.78, 5) is 28.3. The SMILES string of the molecule is C=C(C)C(=O)OCCCCCCCOc1ccc(C(=O)Oc2ccc(-c3ccc(CC)cn3)cc2)cc1. The minimum atomic E-state index is -0.418. The molecular formula is C31H35NO5. The molecule has 0 amide bonds. The molecule has 1 aromatic heterocycles. The van der Waals surface area contributed by atoms with Crippen molar-refractivity contribution in [1.29, 1.82) is 0 Å². The van der Waals surface area contributed by atoms with E-state index in [1.165, 1.54) is 5.56 Å². The summed E-state index contributed by atoms with van der Waals surface area (Å²) >= 11 is 0. The van der Waals surface area contributed by atoms with Gasteiger partial charge in [0.2, 0.25) is 0 Å². The number of benzene rings is 2. The first kappa shape index (κ1) is 27.7. The lowest BCUT2D eigenvalue weighted by Gasteiger charge is -2.08. The fourth-order valence-electron chi connectivity index (χ4n) is 3.56. The predicted molar refractivity (Wildman–Crippen MR) is 145 cm³/mol. The topological polar surface area (TPSA) is 74.7 Å². The van der Waals surface area contributed by atoms with E-state index in [9.17, 15) is 9.59 Å². The van der Waals surface area contributed by atoms with E-state index >= 15 is 0 Å². The van der Waals surface area contributed by atoms with Gasteiger partial charge in [0, 0.05) is 17.3 Å². The lowest BCUT2D eigenvalue weighted by Crippen LogP contribution is -2.08. The molecule has 194 valence electrons. The lowest BCUT2D eigenvalue weighted by molar-refractivity contribution is -0.139. The summed E-state index contributed by atoms with van der Waals surface area (Å²) < 4.78 is 16.4. The maximum absolute atomic E-state index is 12.5. The van der Waals surface area contributed by atoms with E-state index in [-0.39, 0.29) is 5.97 Å². The van der Waals surface area contributed by atoms with Crippen molar-refractivity contribution in [2.45, 2.75) is 52.4 Å². The lowest BCUT2D eigenvalue weighted by atomic mass is 10.1. The average molecular weight is 502 g/mol. The number of aromatic nitrogens is 1. The Hall–Kier alpha value is -3.93. The van der Waals surface area contributed by atoms with E-state index in [4.69, 9.17) is 14.2 Å². The fourth-order valence-corrected chi connectivity index (χ4v) is 3.56. The number of unbranched alkanes of at least 4 members (excludes halogenated alkanes) is 4. The maximum Gasteiger partial charge on any atom is 0.343 e. The number of hydrogen-bond donors (Lipinski definition) is 0. The van der Waals surface area contributed by atoms with Crippen molar-refractivity contribution in [3.8, 4) is 22.8 Å². The second-order valence-electron chi connectivity index (χ2n) is 8.88. The second-order valence-corrected chi connectivity index (χ2v) is 8.88. The zero-order valence-corrected chi connectivity index (χ0v) is 21.7. The van der Waals surface area contributed by atoms with E-state index in [0.717, 1.165) is 49.8 Å². The van der Waals surface area contributed by atoms with Crippen molar-refractivity contribution in [3.63, 3.8) is 0 Å². The number of carbonyl (C=O) groups excluding carboxylic acids is 2. The predicted octanol–water partition coefficient (Wildman–Crippen LogP) is 6.98. The van der Waals surface area contributed by atoms with E-state index in [1.807, 2.05) is 24.4 Å². The molecular weight excluding hydrogens is 466 g/mol. The number of hydrogen-bond acceptors (Lipinski definition) is 6. The van der Waals surface area contributed by atoms with Gasteiger partial charge < -0.3 is 14.2 Å². The highest BCUT2D eigenvalue weighted by Crippen LogP contribution is 2.22. The highest BCUT2D eigenvalue weighted by atomic mass is 16.5. The van der Waals surface area contributed by atoms with E-state index in [1.54, 1.807) is 43.3 Å². The molecule has 3 aromatic rings. The molecule has 1 heterocycles. The molecule has 3 rings (SSSR count). The Kier molecular flexibility index (Phi) is 10.9. The quantitative estimate of drug-likeness (QED) is 0.103. The van der Waals surface area contributed by atoms with Gasteiger partial charge in [0.05, 0.1) is 24.5 Å². The number of pyridine rings is 1. The zero-order chi connectivity index (χ0) is 26.5. The van der Waals surface area contributed by atoms with Crippen molar-refractivity contribution in [3.05, 3.63) is 90.1 Å². The number of rotatable bonds is 14. The van der Waals surface area contributed by atoms with Gasteiger partial charge in [0.1, 0.15) is 11.5 Å². The minimum absolute atomic E-state index is 0.326. The first-order valence-corrected chi connectivity index (χ1v) is 12.8. The van der Waals surface area contributed by atoms with Crippen molar-refractivity contribution in [1.82, 2.24) is 4.98 Å². The van der Waals surface area contributed by atoms with Crippen LogP contribution < -0.4 is 9.47 Å². The summed E-state index contributed by atoms with van der Waals surface area (Å²) in [6.07, 6.45) is 7.72. The first-order valence-electron chi connectivity index (χ1n) is 12.8. The fraction of sp³-hybridized carbons (Fsp3) is 0.323. The van der Waals surface area contributed by atoms with Crippen LogP contribution in [-0.2, 0) is 16.0 Å². The molecule has 0 fully saturated rings. The highest BCUT2D eigenvalue weighted by molar-refractivity contribution is 5.91. The van der Waals surface area contributed by atoms with Gasteiger partial charge in [-0.2, -0.15) is 0 Å². The van der Waals surface area contributed by atoms with Crippen LogP contribution in [0, 0.1) is 0 Å². The van der Waals surface area contributed by atoms with Gasteiger partial charge in [-0.25, -0.2) is 9.59 Å². The van der Waals surface area contributed by atoms with Crippen molar-refractivity contribution in [2.75, 3.05) is 13.2 Å².